The van der Waals surface area contributed by atoms with Crippen LogP contribution < -0.4 is 0 Å². The highest BCUT2D eigenvalue weighted by Crippen LogP contribution is 2.25. The van der Waals surface area contributed by atoms with Gasteiger partial charge in [0.25, 0.3) is 0 Å². The Labute approximate surface area is 108 Å². The molecular formula is C14H8ClFN2. The van der Waals surface area contributed by atoms with Crippen molar-refractivity contribution in [3.05, 3.63) is 59.5 Å². The van der Waals surface area contributed by atoms with Crippen LogP contribution in [-0.4, -0.2) is 9.97 Å². The average molecular weight is 259 g/mol. The second-order valence-corrected chi connectivity index (χ2v) is 4.20. The van der Waals surface area contributed by atoms with Crippen molar-refractivity contribution in [1.29, 1.82) is 0 Å². The molecule has 0 aliphatic carbocycles. The molecule has 0 fully saturated rings. The minimum atomic E-state index is -0.394. The van der Waals surface area contributed by atoms with Gasteiger partial charge in [-0.2, -0.15) is 0 Å². The third-order valence-corrected chi connectivity index (χ3v) is 2.95. The van der Waals surface area contributed by atoms with Gasteiger partial charge in [-0.3, -0.25) is 0 Å². The molecule has 0 bridgehead atoms. The Hall–Kier alpha value is -2.00. The maximum Gasteiger partial charge on any atom is 0.161 e. The molecule has 0 N–H and O–H groups in total. The number of hydrogen-bond acceptors (Lipinski definition) is 2. The van der Waals surface area contributed by atoms with Crippen molar-refractivity contribution < 1.29 is 4.39 Å². The Morgan fingerprint density at radius 1 is 0.889 bits per heavy atom. The van der Waals surface area contributed by atoms with Crippen molar-refractivity contribution in [2.75, 3.05) is 0 Å². The number of para-hydroxylation sites is 1. The fourth-order valence-corrected chi connectivity index (χ4v) is 2.03. The summed E-state index contributed by atoms with van der Waals surface area (Å²) in [6.07, 6.45) is 0. The molecule has 4 heteroatoms. The molecule has 1 aromatic heterocycles. The van der Waals surface area contributed by atoms with Crippen LogP contribution in [0.4, 0.5) is 4.39 Å². The number of rotatable bonds is 1. The van der Waals surface area contributed by atoms with Crippen molar-refractivity contribution in [1.82, 2.24) is 9.97 Å². The van der Waals surface area contributed by atoms with Crippen molar-refractivity contribution in [2.24, 2.45) is 0 Å². The molecule has 0 radical (unpaired) electrons. The molecule has 0 amide bonds. The van der Waals surface area contributed by atoms with E-state index in [4.69, 9.17) is 11.6 Å². The van der Waals surface area contributed by atoms with Crippen LogP contribution >= 0.6 is 11.6 Å². The Morgan fingerprint density at radius 3 is 2.44 bits per heavy atom. The molecule has 18 heavy (non-hydrogen) atoms. The van der Waals surface area contributed by atoms with Crippen molar-refractivity contribution in [3.63, 3.8) is 0 Å². The van der Waals surface area contributed by atoms with Crippen LogP contribution in [0.2, 0.25) is 5.15 Å². The molecule has 3 aromatic rings. The van der Waals surface area contributed by atoms with E-state index < -0.39 is 5.82 Å². The topological polar surface area (TPSA) is 25.8 Å². The van der Waals surface area contributed by atoms with E-state index in [0.717, 1.165) is 5.56 Å². The SMILES string of the molecule is Fc1cccc2c(Cl)nc(-c3ccccc3)nc12. The molecule has 0 aliphatic heterocycles. The third kappa shape index (κ3) is 1.83. The quantitative estimate of drug-likeness (QED) is 0.615. The lowest BCUT2D eigenvalue weighted by Gasteiger charge is -2.05. The Kier molecular flexibility index (Phi) is 2.68. The largest absolute Gasteiger partial charge is 0.225 e. The summed E-state index contributed by atoms with van der Waals surface area (Å²) in [7, 11) is 0. The lowest BCUT2D eigenvalue weighted by atomic mass is 10.2. The Balaban J connectivity index is 2.31. The van der Waals surface area contributed by atoms with Gasteiger partial charge in [-0.25, -0.2) is 14.4 Å². The number of halogens is 2. The van der Waals surface area contributed by atoms with Crippen molar-refractivity contribution >= 4 is 22.5 Å². The van der Waals surface area contributed by atoms with E-state index in [1.54, 1.807) is 12.1 Å². The zero-order valence-corrected chi connectivity index (χ0v) is 10.0. The summed E-state index contributed by atoms with van der Waals surface area (Å²) in [5.74, 6) is 0.0344. The predicted molar refractivity (Wildman–Crippen MR) is 69.9 cm³/mol. The van der Waals surface area contributed by atoms with Crippen LogP contribution in [0.3, 0.4) is 0 Å². The molecule has 88 valence electrons. The zero-order valence-electron chi connectivity index (χ0n) is 9.27. The molecular weight excluding hydrogens is 251 g/mol. The van der Waals surface area contributed by atoms with Crippen LogP contribution in [0.25, 0.3) is 22.3 Å². The zero-order chi connectivity index (χ0) is 12.5. The fourth-order valence-electron chi connectivity index (χ4n) is 1.80. The van der Waals surface area contributed by atoms with Gasteiger partial charge >= 0.3 is 0 Å². The molecule has 0 saturated carbocycles. The summed E-state index contributed by atoms with van der Waals surface area (Å²) >= 11 is 6.07. The van der Waals surface area contributed by atoms with Gasteiger partial charge in [0.1, 0.15) is 16.5 Å². The third-order valence-electron chi connectivity index (χ3n) is 2.66. The van der Waals surface area contributed by atoms with Gasteiger partial charge < -0.3 is 0 Å². The lowest BCUT2D eigenvalue weighted by molar-refractivity contribution is 0.636. The van der Waals surface area contributed by atoms with Crippen LogP contribution in [0.15, 0.2) is 48.5 Å². The summed E-state index contributed by atoms with van der Waals surface area (Å²) in [4.78, 5) is 8.44. The van der Waals surface area contributed by atoms with Gasteiger partial charge in [-0.1, -0.05) is 48.0 Å². The Bertz CT molecular complexity index is 714. The van der Waals surface area contributed by atoms with E-state index in [1.807, 2.05) is 30.3 Å². The fraction of sp³-hybridized carbons (Fsp3) is 0. The van der Waals surface area contributed by atoms with Gasteiger partial charge in [0, 0.05) is 10.9 Å². The minimum Gasteiger partial charge on any atom is -0.225 e. The van der Waals surface area contributed by atoms with Crippen LogP contribution in [0.5, 0.6) is 0 Å². The highest BCUT2D eigenvalue weighted by Gasteiger charge is 2.10. The van der Waals surface area contributed by atoms with Crippen molar-refractivity contribution in [2.45, 2.75) is 0 Å². The first-order valence-corrected chi connectivity index (χ1v) is 5.81. The number of fused-ring (bicyclic) bond motifs is 1. The van der Waals surface area contributed by atoms with Gasteiger partial charge in [-0.05, 0) is 12.1 Å². The molecule has 0 unspecified atom stereocenters. The van der Waals surface area contributed by atoms with E-state index in [1.165, 1.54) is 6.07 Å². The molecule has 0 atom stereocenters. The summed E-state index contributed by atoms with van der Waals surface area (Å²) in [5.41, 5.74) is 1.06. The van der Waals surface area contributed by atoms with Gasteiger partial charge in [-0.15, -0.1) is 0 Å². The number of aromatic nitrogens is 2. The molecule has 0 spiro atoms. The average Bonchev–Trinajstić information content (AvgIpc) is 2.41. The smallest absolute Gasteiger partial charge is 0.161 e. The number of benzene rings is 2. The normalized spacial score (nSPS) is 10.8. The van der Waals surface area contributed by atoms with E-state index in [9.17, 15) is 4.39 Å². The Morgan fingerprint density at radius 2 is 1.67 bits per heavy atom. The van der Waals surface area contributed by atoms with Gasteiger partial charge in [0.05, 0.1) is 0 Å². The number of hydrogen-bond donors (Lipinski definition) is 0. The summed E-state index contributed by atoms with van der Waals surface area (Å²) in [6.45, 7) is 0. The summed E-state index contributed by atoms with van der Waals surface area (Å²) < 4.78 is 13.7. The highest BCUT2D eigenvalue weighted by atomic mass is 35.5. The lowest BCUT2D eigenvalue weighted by Crippen LogP contribution is -1.93. The van der Waals surface area contributed by atoms with E-state index in [-0.39, 0.29) is 10.7 Å². The molecule has 2 aromatic carbocycles. The van der Waals surface area contributed by atoms with Crippen LogP contribution in [0, 0.1) is 5.82 Å². The molecule has 3 rings (SSSR count). The molecule has 0 saturated heterocycles. The second kappa shape index (κ2) is 4.35. The maximum absolute atomic E-state index is 13.7. The minimum absolute atomic E-state index is 0.247. The monoisotopic (exact) mass is 258 g/mol. The highest BCUT2D eigenvalue weighted by molar-refractivity contribution is 6.34. The summed E-state index contributed by atoms with van der Waals surface area (Å²) in [5, 5.41) is 0.787. The van der Waals surface area contributed by atoms with Crippen LogP contribution in [0.1, 0.15) is 0 Å². The molecule has 0 aliphatic rings. The van der Waals surface area contributed by atoms with Crippen LogP contribution in [-0.2, 0) is 0 Å². The maximum atomic E-state index is 13.7. The molecule has 1 heterocycles. The van der Waals surface area contributed by atoms with Crippen molar-refractivity contribution in [3.8, 4) is 11.4 Å². The van der Waals surface area contributed by atoms with Gasteiger partial charge in [0.2, 0.25) is 0 Å². The number of nitrogens with zero attached hydrogens (tertiary/aromatic N) is 2. The van der Waals surface area contributed by atoms with E-state index in [2.05, 4.69) is 9.97 Å². The second-order valence-electron chi connectivity index (χ2n) is 3.84. The van der Waals surface area contributed by atoms with Gasteiger partial charge in [0.15, 0.2) is 5.82 Å². The predicted octanol–water partition coefficient (Wildman–Crippen LogP) is 4.09. The first-order valence-electron chi connectivity index (χ1n) is 5.43. The summed E-state index contributed by atoms with van der Waals surface area (Å²) in [6, 6.07) is 14.0. The molecule has 2 nitrogen and oxygen atoms in total. The van der Waals surface area contributed by atoms with E-state index in [0.29, 0.717) is 11.2 Å². The first-order chi connectivity index (χ1) is 8.75. The van der Waals surface area contributed by atoms with E-state index >= 15 is 0 Å². The standard InChI is InChI=1S/C14H8ClFN2/c15-13-10-7-4-8-11(16)12(10)17-14(18-13)9-5-2-1-3-6-9/h1-8H. The first kappa shape index (κ1) is 11.1.